The molecule has 0 N–H and O–H groups in total. The van der Waals surface area contributed by atoms with Crippen LogP contribution in [0.5, 0.6) is 5.75 Å². The molecule has 166 valence electrons. The van der Waals surface area contributed by atoms with E-state index in [0.717, 1.165) is 25.0 Å². The zero-order valence-electron chi connectivity index (χ0n) is 17.7. The van der Waals surface area contributed by atoms with Crippen LogP contribution in [0.25, 0.3) is 0 Å². The molecule has 0 bridgehead atoms. The third-order valence-corrected chi connectivity index (χ3v) is 5.64. The van der Waals surface area contributed by atoms with Gasteiger partial charge < -0.3 is 19.1 Å². The van der Waals surface area contributed by atoms with Crippen molar-refractivity contribution in [3.8, 4) is 5.75 Å². The van der Waals surface area contributed by atoms with Gasteiger partial charge in [0.1, 0.15) is 12.4 Å². The summed E-state index contributed by atoms with van der Waals surface area (Å²) in [7, 11) is 0. The van der Waals surface area contributed by atoms with Gasteiger partial charge in [-0.15, -0.1) is 0 Å². The lowest BCUT2D eigenvalue weighted by Crippen LogP contribution is -2.33. The van der Waals surface area contributed by atoms with Crippen LogP contribution in [-0.2, 0) is 20.8 Å². The Bertz CT molecular complexity index is 868. The first-order chi connectivity index (χ1) is 15.1. The largest absolute Gasteiger partial charge is 0.490 e. The van der Waals surface area contributed by atoms with Crippen LogP contribution < -0.4 is 4.74 Å². The summed E-state index contributed by atoms with van der Waals surface area (Å²) >= 11 is 3.51. The first-order valence-electron chi connectivity index (χ1n) is 10.6. The van der Waals surface area contributed by atoms with Crippen molar-refractivity contribution >= 4 is 27.8 Å². The molecular formula is C24H28BrNO5. The Hall–Kier alpha value is -2.38. The molecule has 1 amide bonds. The molecule has 0 aliphatic carbocycles. The van der Waals surface area contributed by atoms with Gasteiger partial charge in [0.2, 0.25) is 0 Å². The standard InChI is InChI=1S/C24H28BrNO5/c1-2-29-23(27)12-13-26(16-18-7-4-3-5-8-18)24(28)19-10-11-22(21(25)15-19)31-17-20-9-6-14-30-20/h3-5,7-8,10-11,15,20H,2,6,9,12-14,16-17H2,1H3. The van der Waals surface area contributed by atoms with Gasteiger partial charge in [-0.1, -0.05) is 30.3 Å². The lowest BCUT2D eigenvalue weighted by atomic mass is 10.1. The Morgan fingerprint density at radius 1 is 1.19 bits per heavy atom. The topological polar surface area (TPSA) is 65.1 Å². The number of rotatable bonds is 10. The van der Waals surface area contributed by atoms with Crippen molar-refractivity contribution < 1.29 is 23.8 Å². The first-order valence-corrected chi connectivity index (χ1v) is 11.4. The molecule has 2 aromatic carbocycles. The van der Waals surface area contributed by atoms with Gasteiger partial charge >= 0.3 is 5.97 Å². The third kappa shape index (κ3) is 7.08. The molecule has 0 spiro atoms. The summed E-state index contributed by atoms with van der Waals surface area (Å²) in [6.45, 7) is 4.06. The van der Waals surface area contributed by atoms with Gasteiger partial charge in [-0.25, -0.2) is 0 Å². The fourth-order valence-corrected chi connectivity index (χ4v) is 3.90. The number of hydrogen-bond acceptors (Lipinski definition) is 5. The van der Waals surface area contributed by atoms with E-state index in [1.165, 1.54) is 0 Å². The summed E-state index contributed by atoms with van der Waals surface area (Å²) in [5.74, 6) is 0.208. The SMILES string of the molecule is CCOC(=O)CCN(Cc1ccccc1)C(=O)c1ccc(OCC2CCCO2)c(Br)c1. The van der Waals surface area contributed by atoms with E-state index in [1.54, 1.807) is 30.0 Å². The van der Waals surface area contributed by atoms with Crippen molar-refractivity contribution in [3.63, 3.8) is 0 Å². The highest BCUT2D eigenvalue weighted by molar-refractivity contribution is 9.10. The minimum atomic E-state index is -0.313. The van der Waals surface area contributed by atoms with E-state index in [9.17, 15) is 9.59 Å². The molecule has 1 aliphatic rings. The van der Waals surface area contributed by atoms with Crippen LogP contribution in [0.2, 0.25) is 0 Å². The maximum atomic E-state index is 13.2. The van der Waals surface area contributed by atoms with Crippen molar-refractivity contribution in [1.82, 2.24) is 4.90 Å². The van der Waals surface area contributed by atoms with E-state index >= 15 is 0 Å². The molecule has 1 aliphatic heterocycles. The summed E-state index contributed by atoms with van der Waals surface area (Å²) in [5, 5.41) is 0. The van der Waals surface area contributed by atoms with Crippen LogP contribution in [0.15, 0.2) is 53.0 Å². The predicted molar refractivity (Wildman–Crippen MR) is 121 cm³/mol. The van der Waals surface area contributed by atoms with Crippen molar-refractivity contribution in [2.24, 2.45) is 0 Å². The second-order valence-corrected chi connectivity index (χ2v) is 8.21. The van der Waals surface area contributed by atoms with Gasteiger partial charge in [-0.05, 0) is 59.5 Å². The second-order valence-electron chi connectivity index (χ2n) is 7.36. The molecule has 1 saturated heterocycles. The highest BCUT2D eigenvalue weighted by Crippen LogP contribution is 2.28. The van der Waals surface area contributed by atoms with Crippen LogP contribution in [0.4, 0.5) is 0 Å². The fourth-order valence-electron chi connectivity index (χ4n) is 3.41. The molecule has 6 nitrogen and oxygen atoms in total. The number of ether oxygens (including phenoxy) is 3. The smallest absolute Gasteiger partial charge is 0.307 e. The van der Waals surface area contributed by atoms with Crippen molar-refractivity contribution in [1.29, 1.82) is 0 Å². The quantitative estimate of drug-likeness (QED) is 0.456. The van der Waals surface area contributed by atoms with Gasteiger partial charge in [-0.3, -0.25) is 9.59 Å². The van der Waals surface area contributed by atoms with Crippen LogP contribution >= 0.6 is 15.9 Å². The maximum absolute atomic E-state index is 13.2. The van der Waals surface area contributed by atoms with Crippen molar-refractivity contribution in [2.75, 3.05) is 26.4 Å². The normalized spacial score (nSPS) is 15.5. The Kier molecular flexibility index (Phi) is 8.91. The number of hydrogen-bond donors (Lipinski definition) is 0. The predicted octanol–water partition coefficient (Wildman–Crippen LogP) is 4.60. The van der Waals surface area contributed by atoms with E-state index in [4.69, 9.17) is 14.2 Å². The molecule has 1 unspecified atom stereocenters. The highest BCUT2D eigenvalue weighted by Gasteiger charge is 2.20. The van der Waals surface area contributed by atoms with E-state index < -0.39 is 0 Å². The maximum Gasteiger partial charge on any atom is 0.307 e. The molecule has 0 saturated carbocycles. The van der Waals surface area contributed by atoms with Crippen LogP contribution in [0.1, 0.15) is 42.1 Å². The van der Waals surface area contributed by atoms with E-state index in [-0.39, 0.29) is 30.9 Å². The molecule has 31 heavy (non-hydrogen) atoms. The van der Waals surface area contributed by atoms with Gasteiger partial charge in [0.15, 0.2) is 0 Å². The molecule has 7 heteroatoms. The van der Waals surface area contributed by atoms with Crippen molar-refractivity contribution in [2.45, 2.75) is 38.8 Å². The average molecular weight is 490 g/mol. The lowest BCUT2D eigenvalue weighted by molar-refractivity contribution is -0.143. The second kappa shape index (κ2) is 11.9. The summed E-state index contributed by atoms with van der Waals surface area (Å²) < 4.78 is 17.2. The summed E-state index contributed by atoms with van der Waals surface area (Å²) in [6, 6.07) is 15.0. The van der Waals surface area contributed by atoms with E-state index in [1.807, 2.05) is 30.3 Å². The molecule has 1 heterocycles. The lowest BCUT2D eigenvalue weighted by Gasteiger charge is -2.23. The molecule has 1 fully saturated rings. The summed E-state index contributed by atoms with van der Waals surface area (Å²) in [4.78, 5) is 26.8. The molecule has 1 atom stereocenters. The fraction of sp³-hybridized carbons (Fsp3) is 0.417. The monoisotopic (exact) mass is 489 g/mol. The van der Waals surface area contributed by atoms with E-state index in [2.05, 4.69) is 15.9 Å². The van der Waals surface area contributed by atoms with Gasteiger partial charge in [0.25, 0.3) is 5.91 Å². The zero-order chi connectivity index (χ0) is 22.1. The Morgan fingerprint density at radius 3 is 2.68 bits per heavy atom. The number of amides is 1. The van der Waals surface area contributed by atoms with Crippen molar-refractivity contribution in [3.05, 3.63) is 64.1 Å². The summed E-state index contributed by atoms with van der Waals surface area (Å²) in [6.07, 6.45) is 2.34. The molecule has 2 aromatic rings. The van der Waals surface area contributed by atoms with Crippen LogP contribution in [0.3, 0.4) is 0 Å². The zero-order valence-corrected chi connectivity index (χ0v) is 19.3. The molecular weight excluding hydrogens is 462 g/mol. The highest BCUT2D eigenvalue weighted by atomic mass is 79.9. The number of benzene rings is 2. The van der Waals surface area contributed by atoms with Crippen LogP contribution in [-0.4, -0.2) is 49.2 Å². The minimum absolute atomic E-state index is 0.123. The minimum Gasteiger partial charge on any atom is -0.490 e. The Morgan fingerprint density at radius 2 is 2.00 bits per heavy atom. The third-order valence-electron chi connectivity index (χ3n) is 5.02. The van der Waals surface area contributed by atoms with Gasteiger partial charge in [0, 0.05) is 25.3 Å². The first kappa shape index (κ1) is 23.3. The van der Waals surface area contributed by atoms with Crippen LogP contribution in [0, 0.1) is 0 Å². The number of carbonyl (C=O) groups is 2. The Balaban J connectivity index is 1.69. The summed E-state index contributed by atoms with van der Waals surface area (Å²) in [5.41, 5.74) is 1.52. The molecule has 0 radical (unpaired) electrons. The number of nitrogens with zero attached hydrogens (tertiary/aromatic N) is 1. The molecule has 0 aromatic heterocycles. The van der Waals surface area contributed by atoms with E-state index in [0.29, 0.717) is 35.5 Å². The van der Waals surface area contributed by atoms with Gasteiger partial charge in [-0.2, -0.15) is 0 Å². The molecule has 3 rings (SSSR count). The average Bonchev–Trinajstić information content (AvgIpc) is 3.30. The number of esters is 1. The number of carbonyl (C=O) groups excluding carboxylic acids is 2. The Labute approximate surface area is 191 Å². The van der Waals surface area contributed by atoms with Gasteiger partial charge in [0.05, 0.1) is 23.6 Å². The number of halogens is 1.